The van der Waals surface area contributed by atoms with Crippen LogP contribution in [0.4, 0.5) is 8.78 Å². The van der Waals surface area contributed by atoms with Gasteiger partial charge in [0.1, 0.15) is 24.0 Å². The van der Waals surface area contributed by atoms with Crippen molar-refractivity contribution in [3.8, 4) is 5.75 Å². The quantitative estimate of drug-likeness (QED) is 0.578. The summed E-state index contributed by atoms with van der Waals surface area (Å²) in [6.07, 6.45) is -0.845. The van der Waals surface area contributed by atoms with E-state index in [1.165, 1.54) is 24.3 Å². The normalized spacial score (nSPS) is 15.3. The summed E-state index contributed by atoms with van der Waals surface area (Å²) in [5.74, 6) is -1.13. The molecule has 0 radical (unpaired) electrons. The molecule has 3 aromatic rings. The Balaban J connectivity index is 1.49. The second-order valence-corrected chi connectivity index (χ2v) is 6.65. The van der Waals surface area contributed by atoms with Crippen LogP contribution in [0.15, 0.2) is 66.7 Å². The van der Waals surface area contributed by atoms with Crippen LogP contribution in [0.3, 0.4) is 0 Å². The number of fused-ring (bicyclic) bond motifs is 1. The van der Waals surface area contributed by atoms with Gasteiger partial charge in [-0.1, -0.05) is 48.5 Å². The third-order valence-corrected chi connectivity index (χ3v) is 4.58. The molecule has 0 amide bonds. The lowest BCUT2D eigenvalue weighted by atomic mass is 10.1. The molecule has 0 aromatic heterocycles. The largest absolute Gasteiger partial charge is 0.460 e. The molecule has 148 valence electrons. The highest BCUT2D eigenvalue weighted by Gasteiger charge is 2.25. The van der Waals surface area contributed by atoms with Gasteiger partial charge in [-0.3, -0.25) is 4.79 Å². The number of esters is 1. The van der Waals surface area contributed by atoms with E-state index < -0.39 is 23.9 Å². The number of hydrogen-bond acceptors (Lipinski definition) is 4. The predicted octanol–water partition coefficient (Wildman–Crippen LogP) is 4.86. The molecule has 29 heavy (non-hydrogen) atoms. The molecule has 0 N–H and O–H groups in total. The summed E-state index contributed by atoms with van der Waals surface area (Å²) in [6, 6.07) is 18.0. The summed E-state index contributed by atoms with van der Waals surface area (Å²) >= 11 is 0. The van der Waals surface area contributed by atoms with Gasteiger partial charge in [0.25, 0.3) is 0 Å². The van der Waals surface area contributed by atoms with Crippen molar-refractivity contribution in [1.29, 1.82) is 0 Å². The fourth-order valence-corrected chi connectivity index (χ4v) is 3.17. The van der Waals surface area contributed by atoms with Crippen molar-refractivity contribution in [1.82, 2.24) is 0 Å². The summed E-state index contributed by atoms with van der Waals surface area (Å²) in [4.78, 5) is 12.1. The fourth-order valence-electron chi connectivity index (χ4n) is 3.17. The van der Waals surface area contributed by atoms with Crippen LogP contribution in [0, 0.1) is 11.6 Å². The number of rotatable bonds is 5. The fraction of sp³-hybridized carbons (Fsp3) is 0.174. The van der Waals surface area contributed by atoms with E-state index in [9.17, 15) is 13.6 Å². The topological polar surface area (TPSA) is 44.8 Å². The maximum atomic E-state index is 14.0. The molecule has 0 saturated heterocycles. The van der Waals surface area contributed by atoms with Crippen LogP contribution in [0.5, 0.6) is 5.75 Å². The Bertz CT molecular complexity index is 1020. The Morgan fingerprint density at radius 2 is 1.76 bits per heavy atom. The Morgan fingerprint density at radius 1 is 1.00 bits per heavy atom. The van der Waals surface area contributed by atoms with Crippen LogP contribution in [-0.2, 0) is 33.9 Å². The Hall–Kier alpha value is -3.25. The van der Waals surface area contributed by atoms with Crippen molar-refractivity contribution in [3.05, 3.63) is 101 Å². The smallest absolute Gasteiger partial charge is 0.310 e. The molecule has 0 aliphatic carbocycles. The zero-order valence-electron chi connectivity index (χ0n) is 15.4. The van der Waals surface area contributed by atoms with E-state index in [0.717, 1.165) is 5.56 Å². The van der Waals surface area contributed by atoms with E-state index in [-0.39, 0.29) is 25.2 Å². The third-order valence-electron chi connectivity index (χ3n) is 4.58. The molecule has 4 rings (SSSR count). The molecule has 3 aromatic carbocycles. The second kappa shape index (κ2) is 8.41. The van der Waals surface area contributed by atoms with E-state index in [2.05, 4.69) is 0 Å². The van der Waals surface area contributed by atoms with E-state index >= 15 is 0 Å². The maximum absolute atomic E-state index is 14.0. The average Bonchev–Trinajstić information content (AvgIpc) is 2.74. The van der Waals surface area contributed by atoms with Crippen molar-refractivity contribution >= 4 is 5.97 Å². The van der Waals surface area contributed by atoms with Crippen molar-refractivity contribution in [2.75, 3.05) is 0 Å². The van der Waals surface area contributed by atoms with Gasteiger partial charge in [0.05, 0.1) is 13.0 Å². The molecule has 6 heteroatoms. The molecule has 0 unspecified atom stereocenters. The first-order valence-corrected chi connectivity index (χ1v) is 9.13. The molecule has 1 aliphatic heterocycles. The van der Waals surface area contributed by atoms with Gasteiger partial charge in [0.15, 0.2) is 0 Å². The molecule has 1 heterocycles. The molecular formula is C23H18F2O4. The highest BCUT2D eigenvalue weighted by atomic mass is 19.1. The van der Waals surface area contributed by atoms with Crippen molar-refractivity contribution in [3.63, 3.8) is 0 Å². The number of carbonyl (C=O) groups excluding carboxylic acids is 1. The van der Waals surface area contributed by atoms with Gasteiger partial charge in [-0.2, -0.15) is 0 Å². The molecule has 4 nitrogen and oxygen atoms in total. The third kappa shape index (κ3) is 4.43. The molecule has 0 bridgehead atoms. The van der Waals surface area contributed by atoms with Gasteiger partial charge in [-0.25, -0.2) is 8.78 Å². The van der Waals surface area contributed by atoms with Crippen LogP contribution in [-0.4, -0.2) is 5.97 Å². The van der Waals surface area contributed by atoms with Crippen LogP contribution >= 0.6 is 0 Å². The molecular weight excluding hydrogens is 378 g/mol. The van der Waals surface area contributed by atoms with Crippen LogP contribution in [0.2, 0.25) is 0 Å². The highest BCUT2D eigenvalue weighted by molar-refractivity contribution is 5.72. The SMILES string of the molecule is O=C(Cc1ccccc1F)OCc1cc(F)cc2c1O[C@@H](c1ccccc1)OC2. The predicted molar refractivity (Wildman–Crippen MR) is 101 cm³/mol. The standard InChI is InChI=1S/C23H18F2O4/c24-19-10-17(13-27-21(26)12-16-8-4-5-9-20(16)25)22-18(11-19)14-28-23(29-22)15-6-2-1-3-7-15/h1-11,23H,12-14H2/t23-/m0/s1. The van der Waals surface area contributed by atoms with Crippen molar-refractivity contribution < 1.29 is 27.8 Å². The first kappa shape index (κ1) is 19.1. The minimum Gasteiger partial charge on any atom is -0.460 e. The lowest BCUT2D eigenvalue weighted by Gasteiger charge is -2.28. The maximum Gasteiger partial charge on any atom is 0.310 e. The summed E-state index contributed by atoms with van der Waals surface area (Å²) in [5, 5.41) is 0. The lowest BCUT2D eigenvalue weighted by molar-refractivity contribution is -0.144. The molecule has 1 atom stereocenters. The van der Waals surface area contributed by atoms with Gasteiger partial charge in [-0.05, 0) is 23.8 Å². The summed E-state index contributed by atoms with van der Waals surface area (Å²) in [7, 11) is 0. The molecule has 0 fully saturated rings. The van der Waals surface area contributed by atoms with Gasteiger partial charge in [0, 0.05) is 16.7 Å². The van der Waals surface area contributed by atoms with Crippen molar-refractivity contribution in [2.45, 2.75) is 25.9 Å². The molecule has 0 spiro atoms. The molecule has 0 saturated carbocycles. The van der Waals surface area contributed by atoms with Crippen LogP contribution in [0.1, 0.15) is 28.5 Å². The van der Waals surface area contributed by atoms with Crippen molar-refractivity contribution in [2.24, 2.45) is 0 Å². The van der Waals surface area contributed by atoms with Gasteiger partial charge in [-0.15, -0.1) is 0 Å². The minimum atomic E-state index is -0.637. The van der Waals surface area contributed by atoms with Gasteiger partial charge >= 0.3 is 5.97 Å². The summed E-state index contributed by atoms with van der Waals surface area (Å²) < 4.78 is 44.6. The first-order chi connectivity index (χ1) is 14.1. The second-order valence-electron chi connectivity index (χ2n) is 6.65. The highest BCUT2D eigenvalue weighted by Crippen LogP contribution is 2.36. The monoisotopic (exact) mass is 396 g/mol. The summed E-state index contributed by atoms with van der Waals surface area (Å²) in [5.41, 5.74) is 2.00. The number of ether oxygens (including phenoxy) is 3. The Labute approximate surface area is 166 Å². The summed E-state index contributed by atoms with van der Waals surface area (Å²) in [6.45, 7) is -0.0162. The zero-order valence-corrected chi connectivity index (χ0v) is 15.4. The molecule has 1 aliphatic rings. The number of hydrogen-bond donors (Lipinski definition) is 0. The number of carbonyl (C=O) groups is 1. The van der Waals surface area contributed by atoms with E-state index in [0.29, 0.717) is 16.9 Å². The van der Waals surface area contributed by atoms with Gasteiger partial charge < -0.3 is 14.2 Å². The first-order valence-electron chi connectivity index (χ1n) is 9.13. The zero-order chi connectivity index (χ0) is 20.2. The average molecular weight is 396 g/mol. The number of benzene rings is 3. The Kier molecular flexibility index (Phi) is 5.53. The van der Waals surface area contributed by atoms with E-state index in [4.69, 9.17) is 14.2 Å². The van der Waals surface area contributed by atoms with E-state index in [1.807, 2.05) is 30.3 Å². The minimum absolute atomic E-state index is 0.169. The van der Waals surface area contributed by atoms with Gasteiger partial charge in [0.2, 0.25) is 6.29 Å². The van der Waals surface area contributed by atoms with Crippen LogP contribution < -0.4 is 4.74 Å². The Morgan fingerprint density at radius 3 is 2.55 bits per heavy atom. The van der Waals surface area contributed by atoms with E-state index in [1.54, 1.807) is 12.1 Å². The lowest BCUT2D eigenvalue weighted by Crippen LogP contribution is -2.20. The van der Waals surface area contributed by atoms with Crippen LogP contribution in [0.25, 0.3) is 0 Å². The number of halogens is 2.